The van der Waals surface area contributed by atoms with E-state index in [9.17, 15) is 14.4 Å². The third-order valence-electron chi connectivity index (χ3n) is 2.98. The van der Waals surface area contributed by atoms with Crippen LogP contribution in [0.15, 0.2) is 24.3 Å². The summed E-state index contributed by atoms with van der Waals surface area (Å²) < 4.78 is 14.8. The molecule has 0 rings (SSSR count). The maximum atomic E-state index is 11.6. The Kier molecular flexibility index (Phi) is 8.83. The SMILES string of the molecule is C=C(C#N)C(=O)OCC(C)(COC(=O)C(=C)C#N)COC(=O)C(C)C#N. The molecule has 0 saturated carbocycles. The Labute approximate surface area is 150 Å². The van der Waals surface area contributed by atoms with Gasteiger partial charge in [0.2, 0.25) is 0 Å². The second-order valence-electron chi connectivity index (χ2n) is 5.60. The molecule has 9 heteroatoms. The van der Waals surface area contributed by atoms with Crippen molar-refractivity contribution in [1.29, 1.82) is 15.8 Å². The molecule has 0 aromatic heterocycles. The van der Waals surface area contributed by atoms with Gasteiger partial charge in [-0.15, -0.1) is 0 Å². The topological polar surface area (TPSA) is 150 Å². The fourth-order valence-corrected chi connectivity index (χ4v) is 1.29. The average Bonchev–Trinajstić information content (AvgIpc) is 2.66. The van der Waals surface area contributed by atoms with Gasteiger partial charge in [-0.1, -0.05) is 13.2 Å². The Morgan fingerprint density at radius 3 is 1.65 bits per heavy atom. The van der Waals surface area contributed by atoms with Gasteiger partial charge < -0.3 is 14.2 Å². The molecule has 0 bridgehead atoms. The van der Waals surface area contributed by atoms with E-state index in [2.05, 4.69) is 13.2 Å². The summed E-state index contributed by atoms with van der Waals surface area (Å²) in [5.41, 5.74) is -2.06. The molecule has 0 heterocycles. The zero-order valence-electron chi connectivity index (χ0n) is 14.4. The van der Waals surface area contributed by atoms with Crippen molar-refractivity contribution < 1.29 is 28.6 Å². The first kappa shape index (κ1) is 22.4. The van der Waals surface area contributed by atoms with Crippen molar-refractivity contribution in [3.8, 4) is 18.2 Å². The maximum absolute atomic E-state index is 11.6. The second-order valence-corrected chi connectivity index (χ2v) is 5.60. The summed E-state index contributed by atoms with van der Waals surface area (Å²) in [7, 11) is 0. The molecule has 0 fully saturated rings. The maximum Gasteiger partial charge on any atom is 0.348 e. The van der Waals surface area contributed by atoms with Gasteiger partial charge in [0.25, 0.3) is 0 Å². The summed E-state index contributed by atoms with van der Waals surface area (Å²) in [6.07, 6.45) is 0. The van der Waals surface area contributed by atoms with E-state index in [1.807, 2.05) is 0 Å². The molecule has 0 aliphatic rings. The van der Waals surface area contributed by atoms with Gasteiger partial charge >= 0.3 is 17.9 Å². The van der Waals surface area contributed by atoms with Crippen molar-refractivity contribution in [3.05, 3.63) is 24.3 Å². The lowest BCUT2D eigenvalue weighted by Crippen LogP contribution is -2.37. The number of nitrogens with zero attached hydrogens (tertiary/aromatic N) is 3. The molecule has 0 aromatic carbocycles. The molecule has 1 unspecified atom stereocenters. The second kappa shape index (κ2) is 10.3. The van der Waals surface area contributed by atoms with Gasteiger partial charge in [0.05, 0.1) is 11.5 Å². The van der Waals surface area contributed by atoms with Crippen molar-refractivity contribution in [1.82, 2.24) is 0 Å². The van der Waals surface area contributed by atoms with E-state index in [0.717, 1.165) is 0 Å². The lowest BCUT2D eigenvalue weighted by atomic mass is 9.94. The number of ether oxygens (including phenoxy) is 3. The number of hydrogen-bond donors (Lipinski definition) is 0. The highest BCUT2D eigenvalue weighted by molar-refractivity contribution is 5.92. The fourth-order valence-electron chi connectivity index (χ4n) is 1.29. The van der Waals surface area contributed by atoms with Crippen LogP contribution in [0.1, 0.15) is 13.8 Å². The van der Waals surface area contributed by atoms with Gasteiger partial charge in [-0.25, -0.2) is 9.59 Å². The molecule has 0 amide bonds. The quantitative estimate of drug-likeness (QED) is 0.253. The molecule has 0 radical (unpaired) electrons. The fraction of sp³-hybridized carbons (Fsp3) is 0.412. The lowest BCUT2D eigenvalue weighted by molar-refractivity contribution is -0.158. The van der Waals surface area contributed by atoms with E-state index in [1.54, 1.807) is 6.07 Å². The van der Waals surface area contributed by atoms with E-state index < -0.39 is 40.4 Å². The van der Waals surface area contributed by atoms with Gasteiger partial charge in [0, 0.05) is 0 Å². The number of carbonyl (C=O) groups excluding carboxylic acids is 3. The van der Waals surface area contributed by atoms with Gasteiger partial charge in [0.15, 0.2) is 0 Å². The van der Waals surface area contributed by atoms with Crippen LogP contribution in [0.4, 0.5) is 0 Å². The highest BCUT2D eigenvalue weighted by atomic mass is 16.6. The predicted molar refractivity (Wildman–Crippen MR) is 85.3 cm³/mol. The molecular weight excluding hydrogens is 342 g/mol. The molecule has 0 N–H and O–H groups in total. The summed E-state index contributed by atoms with van der Waals surface area (Å²) >= 11 is 0. The van der Waals surface area contributed by atoms with Gasteiger partial charge in [-0.3, -0.25) is 4.79 Å². The monoisotopic (exact) mass is 359 g/mol. The van der Waals surface area contributed by atoms with Crippen LogP contribution in [0.2, 0.25) is 0 Å². The first-order valence-corrected chi connectivity index (χ1v) is 7.18. The number of nitriles is 3. The van der Waals surface area contributed by atoms with Crippen LogP contribution >= 0.6 is 0 Å². The van der Waals surface area contributed by atoms with Crippen molar-refractivity contribution in [3.63, 3.8) is 0 Å². The molecular formula is C17H17N3O6. The number of hydrogen-bond acceptors (Lipinski definition) is 9. The van der Waals surface area contributed by atoms with Gasteiger partial charge in [-0.05, 0) is 13.8 Å². The van der Waals surface area contributed by atoms with Crippen molar-refractivity contribution in [2.45, 2.75) is 13.8 Å². The van der Waals surface area contributed by atoms with Crippen LogP contribution < -0.4 is 0 Å². The Morgan fingerprint density at radius 1 is 0.923 bits per heavy atom. The Balaban J connectivity index is 5.07. The Bertz CT molecular complexity index is 693. The molecule has 0 aliphatic heterocycles. The van der Waals surface area contributed by atoms with Gasteiger partial charge in [0.1, 0.15) is 49.0 Å². The molecule has 9 nitrogen and oxygen atoms in total. The molecule has 0 aliphatic carbocycles. The van der Waals surface area contributed by atoms with E-state index in [-0.39, 0.29) is 19.8 Å². The lowest BCUT2D eigenvalue weighted by Gasteiger charge is -2.28. The predicted octanol–water partition coefficient (Wildman–Crippen LogP) is 0.942. The first-order valence-electron chi connectivity index (χ1n) is 7.18. The largest absolute Gasteiger partial charge is 0.464 e. The van der Waals surface area contributed by atoms with E-state index in [0.29, 0.717) is 0 Å². The molecule has 0 aromatic rings. The minimum absolute atomic E-state index is 0.351. The molecule has 136 valence electrons. The van der Waals surface area contributed by atoms with Crippen molar-refractivity contribution in [2.24, 2.45) is 11.3 Å². The number of esters is 3. The van der Waals surface area contributed by atoms with Crippen molar-refractivity contribution >= 4 is 17.9 Å². The van der Waals surface area contributed by atoms with Crippen LogP contribution in [-0.4, -0.2) is 37.7 Å². The van der Waals surface area contributed by atoms with Crippen LogP contribution in [0.25, 0.3) is 0 Å². The zero-order chi connectivity index (χ0) is 20.3. The minimum atomic E-state index is -1.19. The third kappa shape index (κ3) is 7.29. The van der Waals surface area contributed by atoms with Crippen LogP contribution in [0.3, 0.4) is 0 Å². The highest BCUT2D eigenvalue weighted by Crippen LogP contribution is 2.20. The van der Waals surface area contributed by atoms with Crippen LogP contribution in [-0.2, 0) is 28.6 Å². The standard InChI is InChI=1S/C17H17N3O6/c1-11(5-18)14(21)24-8-17(4,9-25-15(22)12(2)6-19)10-26-16(23)13(3)7-20/h13H,1-2,8-10H2,3-4H3. The summed E-state index contributed by atoms with van der Waals surface area (Å²) in [5, 5.41) is 25.9. The Hall–Kier alpha value is -3.64. The summed E-state index contributed by atoms with van der Waals surface area (Å²) in [6.45, 7) is 8.10. The normalized spacial score (nSPS) is 10.9. The number of carbonyl (C=O) groups is 3. The molecule has 0 spiro atoms. The Morgan fingerprint density at radius 2 is 1.31 bits per heavy atom. The van der Waals surface area contributed by atoms with E-state index >= 15 is 0 Å². The average molecular weight is 359 g/mol. The minimum Gasteiger partial charge on any atom is -0.464 e. The highest BCUT2D eigenvalue weighted by Gasteiger charge is 2.32. The summed E-state index contributed by atoms with van der Waals surface area (Å²) in [6, 6.07) is 4.75. The third-order valence-corrected chi connectivity index (χ3v) is 2.98. The zero-order valence-corrected chi connectivity index (χ0v) is 14.4. The van der Waals surface area contributed by atoms with Crippen molar-refractivity contribution in [2.75, 3.05) is 19.8 Å². The molecule has 1 atom stereocenters. The number of rotatable bonds is 9. The first-order chi connectivity index (χ1) is 12.1. The summed E-state index contributed by atoms with van der Waals surface area (Å²) in [4.78, 5) is 34.7. The van der Waals surface area contributed by atoms with Crippen LogP contribution in [0.5, 0.6) is 0 Å². The van der Waals surface area contributed by atoms with Gasteiger partial charge in [-0.2, -0.15) is 15.8 Å². The summed E-state index contributed by atoms with van der Waals surface area (Å²) in [5.74, 6) is -3.79. The van der Waals surface area contributed by atoms with Crippen LogP contribution in [0, 0.1) is 45.3 Å². The van der Waals surface area contributed by atoms with E-state index in [4.69, 9.17) is 30.0 Å². The molecule has 0 saturated heterocycles. The molecule has 26 heavy (non-hydrogen) atoms. The smallest absolute Gasteiger partial charge is 0.348 e. The van der Waals surface area contributed by atoms with E-state index in [1.165, 1.54) is 26.0 Å².